The lowest BCUT2D eigenvalue weighted by molar-refractivity contribution is -0.137. The third kappa shape index (κ3) is 1.35. The summed E-state index contributed by atoms with van der Waals surface area (Å²) in [6.45, 7) is 0.279. The van der Waals surface area contributed by atoms with Gasteiger partial charge in [0.05, 0.1) is 12.7 Å². The van der Waals surface area contributed by atoms with E-state index in [1.807, 2.05) is 0 Å². The molecule has 5 nitrogen and oxygen atoms in total. The predicted octanol–water partition coefficient (Wildman–Crippen LogP) is -0.165. The molecule has 0 saturated carbocycles. The standard InChI is InChI=1S/C8H7N3O2/c12-7-1-2-8(13)11(7)5-6-3-9-10-4-6/h1-4H,5H2,(H,9,10). The topological polar surface area (TPSA) is 66.1 Å². The summed E-state index contributed by atoms with van der Waals surface area (Å²) in [6, 6.07) is 0. The second-order valence-corrected chi connectivity index (χ2v) is 2.70. The Balaban J connectivity index is 2.11. The Morgan fingerprint density at radius 2 is 2.00 bits per heavy atom. The van der Waals surface area contributed by atoms with Crippen LogP contribution in [-0.4, -0.2) is 26.9 Å². The Kier molecular flexibility index (Phi) is 1.70. The number of carbonyl (C=O) groups is 2. The number of hydrogen-bond donors (Lipinski definition) is 1. The molecule has 66 valence electrons. The summed E-state index contributed by atoms with van der Waals surface area (Å²) >= 11 is 0. The minimum atomic E-state index is -0.272. The summed E-state index contributed by atoms with van der Waals surface area (Å²) < 4.78 is 0. The van der Waals surface area contributed by atoms with Gasteiger partial charge in [0.15, 0.2) is 0 Å². The van der Waals surface area contributed by atoms with Crippen LogP contribution in [0.25, 0.3) is 0 Å². The van der Waals surface area contributed by atoms with Crippen molar-refractivity contribution in [2.75, 3.05) is 0 Å². The normalized spacial score (nSPS) is 15.8. The van der Waals surface area contributed by atoms with Crippen molar-refractivity contribution in [2.45, 2.75) is 6.54 Å². The molecule has 0 aromatic carbocycles. The fraction of sp³-hybridized carbons (Fsp3) is 0.125. The van der Waals surface area contributed by atoms with E-state index in [-0.39, 0.29) is 18.4 Å². The molecule has 1 aliphatic rings. The molecule has 1 aromatic heterocycles. The van der Waals surface area contributed by atoms with Crippen molar-refractivity contribution >= 4 is 11.8 Å². The second kappa shape index (κ2) is 2.85. The van der Waals surface area contributed by atoms with E-state index in [9.17, 15) is 9.59 Å². The third-order valence-electron chi connectivity index (χ3n) is 1.80. The zero-order chi connectivity index (χ0) is 9.26. The van der Waals surface area contributed by atoms with Gasteiger partial charge >= 0.3 is 0 Å². The molecule has 0 atom stereocenters. The Morgan fingerprint density at radius 3 is 2.54 bits per heavy atom. The lowest BCUT2D eigenvalue weighted by atomic mass is 10.3. The van der Waals surface area contributed by atoms with E-state index in [0.29, 0.717) is 0 Å². The van der Waals surface area contributed by atoms with E-state index in [4.69, 9.17) is 0 Å². The number of carbonyl (C=O) groups excluding carboxylic acids is 2. The Bertz CT molecular complexity index is 349. The molecule has 1 aromatic rings. The van der Waals surface area contributed by atoms with Gasteiger partial charge in [-0.25, -0.2) is 0 Å². The monoisotopic (exact) mass is 177 g/mol. The van der Waals surface area contributed by atoms with Gasteiger partial charge in [0.2, 0.25) is 0 Å². The van der Waals surface area contributed by atoms with Crippen LogP contribution in [-0.2, 0) is 16.1 Å². The number of imide groups is 1. The lowest BCUT2D eigenvalue weighted by Gasteiger charge is -2.11. The van der Waals surface area contributed by atoms with Crippen LogP contribution >= 0.6 is 0 Å². The fourth-order valence-electron chi connectivity index (χ4n) is 1.13. The molecule has 0 aliphatic carbocycles. The zero-order valence-electron chi connectivity index (χ0n) is 6.73. The number of hydrogen-bond acceptors (Lipinski definition) is 3. The molecule has 2 heterocycles. The molecule has 1 N–H and O–H groups in total. The number of amides is 2. The summed E-state index contributed by atoms with van der Waals surface area (Å²) in [4.78, 5) is 23.4. The first-order valence-electron chi connectivity index (χ1n) is 3.78. The minimum Gasteiger partial charge on any atom is -0.285 e. The van der Waals surface area contributed by atoms with Crippen molar-refractivity contribution in [1.29, 1.82) is 0 Å². The Labute approximate surface area is 74.0 Å². The first kappa shape index (κ1) is 7.72. The minimum absolute atomic E-state index is 0.272. The highest BCUT2D eigenvalue weighted by Gasteiger charge is 2.23. The Hall–Kier alpha value is -1.91. The van der Waals surface area contributed by atoms with Gasteiger partial charge in [-0.3, -0.25) is 19.6 Å². The van der Waals surface area contributed by atoms with E-state index in [1.54, 1.807) is 12.4 Å². The lowest BCUT2D eigenvalue weighted by Crippen LogP contribution is -2.29. The maximum Gasteiger partial charge on any atom is 0.253 e. The molecule has 5 heteroatoms. The van der Waals surface area contributed by atoms with Crippen LogP contribution in [0.2, 0.25) is 0 Å². The predicted molar refractivity (Wildman–Crippen MR) is 43.3 cm³/mol. The molecule has 2 amide bonds. The van der Waals surface area contributed by atoms with Crippen LogP contribution in [0, 0.1) is 0 Å². The first-order chi connectivity index (χ1) is 6.27. The van der Waals surface area contributed by atoms with E-state index >= 15 is 0 Å². The summed E-state index contributed by atoms with van der Waals surface area (Å²) in [5, 5.41) is 6.33. The highest BCUT2D eigenvalue weighted by atomic mass is 16.2. The van der Waals surface area contributed by atoms with Gasteiger partial charge in [0.1, 0.15) is 0 Å². The number of rotatable bonds is 2. The number of nitrogens with zero attached hydrogens (tertiary/aromatic N) is 2. The molecule has 0 unspecified atom stereocenters. The average Bonchev–Trinajstić information content (AvgIpc) is 2.70. The van der Waals surface area contributed by atoms with Gasteiger partial charge in [-0.05, 0) is 0 Å². The molecule has 13 heavy (non-hydrogen) atoms. The fourth-order valence-corrected chi connectivity index (χ4v) is 1.13. The van der Waals surface area contributed by atoms with E-state index < -0.39 is 0 Å². The van der Waals surface area contributed by atoms with Crippen LogP contribution in [0.1, 0.15) is 5.56 Å². The van der Waals surface area contributed by atoms with E-state index in [2.05, 4.69) is 10.2 Å². The van der Waals surface area contributed by atoms with Gasteiger partial charge in [-0.1, -0.05) is 0 Å². The number of aromatic amines is 1. The molecule has 0 saturated heterocycles. The first-order valence-corrected chi connectivity index (χ1v) is 3.78. The molecule has 0 spiro atoms. The van der Waals surface area contributed by atoms with E-state index in [1.165, 1.54) is 12.2 Å². The largest absolute Gasteiger partial charge is 0.285 e. The van der Waals surface area contributed by atoms with Crippen LogP contribution in [0.5, 0.6) is 0 Å². The summed E-state index contributed by atoms with van der Waals surface area (Å²) in [7, 11) is 0. The van der Waals surface area contributed by atoms with Crippen LogP contribution in [0.15, 0.2) is 24.5 Å². The van der Waals surface area contributed by atoms with Crippen molar-refractivity contribution in [1.82, 2.24) is 15.1 Å². The van der Waals surface area contributed by atoms with Crippen LogP contribution < -0.4 is 0 Å². The highest BCUT2D eigenvalue weighted by Crippen LogP contribution is 2.08. The van der Waals surface area contributed by atoms with Gasteiger partial charge in [-0.2, -0.15) is 5.10 Å². The average molecular weight is 177 g/mol. The van der Waals surface area contributed by atoms with Gasteiger partial charge in [0, 0.05) is 23.9 Å². The van der Waals surface area contributed by atoms with Crippen molar-refractivity contribution < 1.29 is 9.59 Å². The highest BCUT2D eigenvalue weighted by molar-refractivity contribution is 6.12. The molecular formula is C8H7N3O2. The maximum atomic E-state index is 11.1. The smallest absolute Gasteiger partial charge is 0.253 e. The van der Waals surface area contributed by atoms with E-state index in [0.717, 1.165) is 10.5 Å². The molecule has 0 bridgehead atoms. The van der Waals surface area contributed by atoms with Gasteiger partial charge in [0.25, 0.3) is 11.8 Å². The SMILES string of the molecule is O=C1C=CC(=O)N1Cc1cn[nH]c1. The van der Waals surface area contributed by atoms with Crippen molar-refractivity contribution in [3.05, 3.63) is 30.1 Å². The third-order valence-corrected chi connectivity index (χ3v) is 1.80. The number of aromatic nitrogens is 2. The molecule has 0 radical (unpaired) electrons. The summed E-state index contributed by atoms with van der Waals surface area (Å²) in [5.41, 5.74) is 0.811. The summed E-state index contributed by atoms with van der Waals surface area (Å²) in [5.74, 6) is -0.544. The number of nitrogens with one attached hydrogen (secondary N) is 1. The van der Waals surface area contributed by atoms with Gasteiger partial charge in [-0.15, -0.1) is 0 Å². The van der Waals surface area contributed by atoms with Crippen molar-refractivity contribution in [2.24, 2.45) is 0 Å². The van der Waals surface area contributed by atoms with Crippen LogP contribution in [0.3, 0.4) is 0 Å². The van der Waals surface area contributed by atoms with Crippen molar-refractivity contribution in [3.8, 4) is 0 Å². The van der Waals surface area contributed by atoms with Gasteiger partial charge < -0.3 is 0 Å². The molecule has 2 rings (SSSR count). The molecule has 0 fully saturated rings. The Morgan fingerprint density at radius 1 is 1.31 bits per heavy atom. The summed E-state index contributed by atoms with van der Waals surface area (Å²) in [6.07, 6.45) is 5.77. The second-order valence-electron chi connectivity index (χ2n) is 2.70. The van der Waals surface area contributed by atoms with Crippen molar-refractivity contribution in [3.63, 3.8) is 0 Å². The maximum absolute atomic E-state index is 11.1. The zero-order valence-corrected chi connectivity index (χ0v) is 6.73. The molecule has 1 aliphatic heterocycles. The molecular weight excluding hydrogens is 170 g/mol. The number of H-pyrrole nitrogens is 1. The van der Waals surface area contributed by atoms with Crippen LogP contribution in [0.4, 0.5) is 0 Å². The quantitative estimate of drug-likeness (QED) is 0.638.